The van der Waals surface area contributed by atoms with E-state index in [0.29, 0.717) is 10.3 Å². The van der Waals surface area contributed by atoms with E-state index in [-0.39, 0.29) is 10.8 Å². The van der Waals surface area contributed by atoms with Gasteiger partial charge in [-0.25, -0.2) is 0 Å². The molecule has 3 rings (SSSR count). The quantitative estimate of drug-likeness (QED) is 0.428. The molecule has 0 N–H and O–H groups in total. The zero-order valence-corrected chi connectivity index (χ0v) is 20.9. The van der Waals surface area contributed by atoms with Crippen molar-refractivity contribution in [3.05, 3.63) is 40.1 Å². The Morgan fingerprint density at radius 1 is 0.731 bits per heavy atom. The number of benzene rings is 1. The van der Waals surface area contributed by atoms with E-state index in [1.165, 1.54) is 6.42 Å². The summed E-state index contributed by atoms with van der Waals surface area (Å²) in [6.45, 7) is 24.6. The molecule has 0 atom stereocenters. The maximum atomic E-state index is 2.55. The zero-order valence-electron chi connectivity index (χ0n) is 18.4. The summed E-state index contributed by atoms with van der Waals surface area (Å²) >= 11 is 4.66. The van der Waals surface area contributed by atoms with Crippen molar-refractivity contribution >= 4 is 33.1 Å². The summed E-state index contributed by atoms with van der Waals surface area (Å²) in [5.41, 5.74) is 0.385. The molecule has 0 saturated carbocycles. The van der Waals surface area contributed by atoms with E-state index in [0.717, 1.165) is 0 Å². The topological polar surface area (TPSA) is 0 Å². The third-order valence-electron chi connectivity index (χ3n) is 6.39. The van der Waals surface area contributed by atoms with Gasteiger partial charge in [-0.05, 0) is 0 Å². The van der Waals surface area contributed by atoms with Crippen molar-refractivity contribution in [3.63, 3.8) is 0 Å². The summed E-state index contributed by atoms with van der Waals surface area (Å²) in [4.78, 5) is 3.30. The van der Waals surface area contributed by atoms with Crippen LogP contribution < -0.4 is 5.30 Å². The molecule has 1 fully saturated rings. The Kier molecular flexibility index (Phi) is 4.47. The standard InChI is InChI=1S/C23H37PS2/c1-20(2,3)18-19(21(4,5)6)26-24(25-18,17-14-12-11-13-15-17)22(7,8)16-23(24,9)10/h11-15H,16H2,1-10H3. The van der Waals surface area contributed by atoms with Crippen LogP contribution in [-0.2, 0) is 0 Å². The predicted molar refractivity (Wildman–Crippen MR) is 127 cm³/mol. The van der Waals surface area contributed by atoms with Gasteiger partial charge in [0.05, 0.1) is 0 Å². The molecule has 1 spiro atoms. The van der Waals surface area contributed by atoms with Gasteiger partial charge in [0, 0.05) is 0 Å². The van der Waals surface area contributed by atoms with Gasteiger partial charge in [0.1, 0.15) is 0 Å². The first-order valence-electron chi connectivity index (χ1n) is 9.81. The molecular formula is C23H37PS2. The van der Waals surface area contributed by atoms with Gasteiger partial charge in [0.15, 0.2) is 0 Å². The summed E-state index contributed by atoms with van der Waals surface area (Å²) in [5, 5.41) is -0.0528. The number of allylic oxidation sites excluding steroid dienone is 2. The van der Waals surface area contributed by atoms with Crippen LogP contribution in [-0.4, -0.2) is 10.3 Å². The Hall–Kier alpha value is 0.0900. The Morgan fingerprint density at radius 3 is 1.42 bits per heavy atom. The average Bonchev–Trinajstić information content (AvgIpc) is 2.88. The van der Waals surface area contributed by atoms with Gasteiger partial charge in [-0.2, -0.15) is 0 Å². The van der Waals surface area contributed by atoms with E-state index in [9.17, 15) is 0 Å². The van der Waals surface area contributed by atoms with Crippen molar-refractivity contribution in [1.82, 2.24) is 0 Å². The molecule has 3 heteroatoms. The molecule has 1 aromatic carbocycles. The number of rotatable bonds is 1. The van der Waals surface area contributed by atoms with Crippen molar-refractivity contribution in [2.45, 2.75) is 86.0 Å². The van der Waals surface area contributed by atoms with Crippen molar-refractivity contribution in [2.75, 3.05) is 0 Å². The fourth-order valence-electron chi connectivity index (χ4n) is 5.48. The number of hydrogen-bond donors (Lipinski definition) is 0. The van der Waals surface area contributed by atoms with Gasteiger partial charge in [-0.3, -0.25) is 0 Å². The third kappa shape index (κ3) is 2.34. The molecule has 26 heavy (non-hydrogen) atoms. The van der Waals surface area contributed by atoms with Crippen LogP contribution in [0.15, 0.2) is 40.1 Å². The average molecular weight is 409 g/mol. The second-order valence-corrected chi connectivity index (χ2v) is 23.6. The van der Waals surface area contributed by atoms with Gasteiger partial charge >= 0.3 is 170 Å². The van der Waals surface area contributed by atoms with E-state index in [1.54, 1.807) is 15.1 Å². The Morgan fingerprint density at radius 2 is 1.12 bits per heavy atom. The molecule has 0 amide bonds. The summed E-state index contributed by atoms with van der Waals surface area (Å²) in [7, 11) is 0. The van der Waals surface area contributed by atoms with Crippen LogP contribution in [0.25, 0.3) is 0 Å². The Balaban J connectivity index is 2.36. The molecule has 146 valence electrons. The van der Waals surface area contributed by atoms with Crippen LogP contribution in [0.2, 0.25) is 0 Å². The van der Waals surface area contributed by atoms with Crippen LogP contribution in [0, 0.1) is 10.8 Å². The van der Waals surface area contributed by atoms with E-state index >= 15 is 0 Å². The summed E-state index contributed by atoms with van der Waals surface area (Å²) in [6, 6.07) is 11.6. The molecule has 0 aromatic heterocycles. The predicted octanol–water partition coefficient (Wildman–Crippen LogP) is 8.44. The summed E-state index contributed by atoms with van der Waals surface area (Å²) in [6.07, 6.45) is 1.31. The van der Waals surface area contributed by atoms with Gasteiger partial charge in [0.25, 0.3) is 0 Å². The van der Waals surface area contributed by atoms with Crippen LogP contribution in [0.1, 0.15) is 75.7 Å². The molecule has 0 aliphatic carbocycles. The summed E-state index contributed by atoms with van der Waals surface area (Å²) in [5.74, 6) is 0. The van der Waals surface area contributed by atoms with Crippen LogP contribution in [0.4, 0.5) is 0 Å². The Labute approximate surface area is 169 Å². The maximum absolute atomic E-state index is 2.55. The van der Waals surface area contributed by atoms with E-state index < -0.39 is 5.01 Å². The molecule has 0 bridgehead atoms. The second-order valence-electron chi connectivity index (χ2n) is 11.4. The first kappa shape index (κ1) is 20.8. The SMILES string of the molecule is CC(C)(C)C1=C(C(C)(C)C)SP2(c3ccccc3)(S1)C(C)(C)CC2(C)C. The fraction of sp³-hybridized carbons (Fsp3) is 0.652. The first-order valence-corrected chi connectivity index (χ1v) is 14.9. The molecule has 0 radical (unpaired) electrons. The minimum absolute atomic E-state index is 0.193. The fourth-order valence-corrected chi connectivity index (χ4v) is 25.4. The third-order valence-corrected chi connectivity index (χ3v) is 26.9. The van der Waals surface area contributed by atoms with Crippen molar-refractivity contribution in [2.24, 2.45) is 10.8 Å². The van der Waals surface area contributed by atoms with E-state index in [4.69, 9.17) is 0 Å². The monoisotopic (exact) mass is 408 g/mol. The minimum atomic E-state index is -2.36. The van der Waals surface area contributed by atoms with Gasteiger partial charge < -0.3 is 0 Å². The van der Waals surface area contributed by atoms with Crippen molar-refractivity contribution < 1.29 is 0 Å². The molecule has 1 saturated heterocycles. The molecule has 2 aliphatic heterocycles. The molecule has 1 aromatic rings. The van der Waals surface area contributed by atoms with Crippen LogP contribution in [0.3, 0.4) is 0 Å². The molecule has 2 aliphatic rings. The molecular weight excluding hydrogens is 371 g/mol. The van der Waals surface area contributed by atoms with Gasteiger partial charge in [-0.15, -0.1) is 0 Å². The van der Waals surface area contributed by atoms with Crippen LogP contribution in [0.5, 0.6) is 0 Å². The molecule has 0 nitrogen and oxygen atoms in total. The Bertz CT molecular complexity index is 714. The van der Waals surface area contributed by atoms with Gasteiger partial charge in [-0.1, -0.05) is 0 Å². The van der Waals surface area contributed by atoms with Crippen molar-refractivity contribution in [1.29, 1.82) is 0 Å². The zero-order chi connectivity index (χ0) is 19.8. The van der Waals surface area contributed by atoms with Crippen molar-refractivity contribution in [3.8, 4) is 0 Å². The normalized spacial score (nSPS) is 27.7. The second kappa shape index (κ2) is 5.58. The first-order chi connectivity index (χ1) is 11.6. The molecule has 0 unspecified atom stereocenters. The summed E-state index contributed by atoms with van der Waals surface area (Å²) < 4.78 is 0. The van der Waals surface area contributed by atoms with Crippen LogP contribution >= 0.6 is 27.8 Å². The van der Waals surface area contributed by atoms with Gasteiger partial charge in [0.2, 0.25) is 0 Å². The number of hydrogen-bond acceptors (Lipinski definition) is 2. The van der Waals surface area contributed by atoms with E-state index in [1.807, 2.05) is 0 Å². The van der Waals surface area contributed by atoms with E-state index in [2.05, 4.69) is 122 Å². The molecule has 2 heterocycles.